The van der Waals surface area contributed by atoms with Crippen molar-refractivity contribution < 1.29 is 19.1 Å². The fraction of sp³-hybridized carbons (Fsp3) is 0.952. The van der Waals surface area contributed by atoms with Crippen molar-refractivity contribution in [3.8, 4) is 0 Å². The first kappa shape index (κ1) is 44.9. The number of hydrogen-bond acceptors (Lipinski definition) is 4. The molecule has 46 heavy (non-hydrogen) atoms. The summed E-state index contributed by atoms with van der Waals surface area (Å²) in [5.41, 5.74) is 0. The van der Waals surface area contributed by atoms with Crippen LogP contribution < -0.4 is 0 Å². The van der Waals surface area contributed by atoms with E-state index in [1.54, 1.807) is 0 Å². The van der Waals surface area contributed by atoms with Gasteiger partial charge in [0, 0.05) is 12.8 Å². The fourth-order valence-corrected chi connectivity index (χ4v) is 6.52. The SMILES string of the molecule is CCCCCCCCC(CCCCCC)OC(=O)CCCCCCCCCCC(=O)OC(CCCCCCC)CCCCCCC. The van der Waals surface area contributed by atoms with Gasteiger partial charge in [-0.2, -0.15) is 0 Å². The zero-order chi connectivity index (χ0) is 33.8. The molecule has 0 aromatic heterocycles. The molecule has 0 N–H and O–H groups in total. The highest BCUT2D eigenvalue weighted by atomic mass is 16.5. The maximum Gasteiger partial charge on any atom is 0.306 e. The van der Waals surface area contributed by atoms with Gasteiger partial charge in [-0.3, -0.25) is 9.59 Å². The van der Waals surface area contributed by atoms with E-state index < -0.39 is 0 Å². The summed E-state index contributed by atoms with van der Waals surface area (Å²) >= 11 is 0. The lowest BCUT2D eigenvalue weighted by Gasteiger charge is -2.18. The third-order valence-electron chi connectivity index (χ3n) is 9.63. The third-order valence-corrected chi connectivity index (χ3v) is 9.63. The van der Waals surface area contributed by atoms with E-state index in [1.165, 1.54) is 154 Å². The number of unbranched alkanes of at least 4 members (excludes halogenated alkanes) is 23. The average molecular weight is 651 g/mol. The van der Waals surface area contributed by atoms with Gasteiger partial charge in [0.25, 0.3) is 0 Å². The lowest BCUT2D eigenvalue weighted by atomic mass is 10.0. The van der Waals surface area contributed by atoms with Crippen molar-refractivity contribution >= 4 is 11.9 Å². The second-order valence-electron chi connectivity index (χ2n) is 14.4. The van der Waals surface area contributed by atoms with Gasteiger partial charge in [0.05, 0.1) is 0 Å². The van der Waals surface area contributed by atoms with Crippen LogP contribution in [0.5, 0.6) is 0 Å². The minimum Gasteiger partial charge on any atom is -0.462 e. The van der Waals surface area contributed by atoms with Crippen LogP contribution in [-0.4, -0.2) is 24.1 Å². The molecule has 0 bridgehead atoms. The van der Waals surface area contributed by atoms with E-state index in [0.29, 0.717) is 12.8 Å². The quantitative estimate of drug-likeness (QED) is 0.0496. The largest absolute Gasteiger partial charge is 0.462 e. The number of rotatable bonds is 37. The van der Waals surface area contributed by atoms with Gasteiger partial charge in [0.1, 0.15) is 12.2 Å². The van der Waals surface area contributed by atoms with Crippen molar-refractivity contribution in [1.82, 2.24) is 0 Å². The second-order valence-corrected chi connectivity index (χ2v) is 14.4. The lowest BCUT2D eigenvalue weighted by Crippen LogP contribution is -2.18. The Morgan fingerprint density at radius 3 is 0.826 bits per heavy atom. The Kier molecular flexibility index (Phi) is 35.9. The van der Waals surface area contributed by atoms with Crippen LogP contribution in [0.3, 0.4) is 0 Å². The van der Waals surface area contributed by atoms with Crippen molar-refractivity contribution in [2.45, 2.75) is 258 Å². The van der Waals surface area contributed by atoms with Crippen LogP contribution in [0.4, 0.5) is 0 Å². The highest BCUT2D eigenvalue weighted by Crippen LogP contribution is 2.20. The number of carbonyl (C=O) groups is 2. The molecule has 4 heteroatoms. The zero-order valence-corrected chi connectivity index (χ0v) is 31.8. The third kappa shape index (κ3) is 32.9. The molecule has 0 aromatic rings. The normalized spacial score (nSPS) is 12.1. The van der Waals surface area contributed by atoms with Gasteiger partial charge in [0.2, 0.25) is 0 Å². The monoisotopic (exact) mass is 651 g/mol. The molecule has 1 unspecified atom stereocenters. The Labute approximate surface area is 288 Å². The molecule has 0 aliphatic carbocycles. The maximum atomic E-state index is 12.6. The molecule has 0 spiro atoms. The molecule has 0 heterocycles. The second kappa shape index (κ2) is 36.8. The summed E-state index contributed by atoms with van der Waals surface area (Å²) in [6, 6.07) is 0. The molecule has 274 valence electrons. The Bertz CT molecular complexity index is 619. The molecule has 1 atom stereocenters. The van der Waals surface area contributed by atoms with Crippen LogP contribution in [0, 0.1) is 0 Å². The predicted octanol–water partition coefficient (Wildman–Crippen LogP) is 14.2. The molecule has 0 aromatic carbocycles. The molecule has 0 aliphatic rings. The molecule has 0 fully saturated rings. The van der Waals surface area contributed by atoms with E-state index in [0.717, 1.165) is 51.4 Å². The summed E-state index contributed by atoms with van der Waals surface area (Å²) in [6.07, 6.45) is 39.9. The first-order chi connectivity index (χ1) is 22.6. The first-order valence-corrected chi connectivity index (χ1v) is 21.0. The van der Waals surface area contributed by atoms with Crippen LogP contribution in [0.15, 0.2) is 0 Å². The molecular weight excluding hydrogens is 568 g/mol. The van der Waals surface area contributed by atoms with E-state index in [9.17, 15) is 9.59 Å². The van der Waals surface area contributed by atoms with Gasteiger partial charge in [-0.15, -0.1) is 0 Å². The molecular formula is C42H82O4. The van der Waals surface area contributed by atoms with Gasteiger partial charge in [-0.25, -0.2) is 0 Å². The van der Waals surface area contributed by atoms with E-state index in [-0.39, 0.29) is 24.1 Å². The van der Waals surface area contributed by atoms with Gasteiger partial charge in [-0.05, 0) is 64.2 Å². The van der Waals surface area contributed by atoms with E-state index in [1.807, 2.05) is 0 Å². The smallest absolute Gasteiger partial charge is 0.306 e. The van der Waals surface area contributed by atoms with E-state index >= 15 is 0 Å². The zero-order valence-electron chi connectivity index (χ0n) is 31.8. The van der Waals surface area contributed by atoms with Crippen molar-refractivity contribution in [3.63, 3.8) is 0 Å². The summed E-state index contributed by atoms with van der Waals surface area (Å²) in [5.74, 6) is 0.0442. The lowest BCUT2D eigenvalue weighted by molar-refractivity contribution is -0.151. The summed E-state index contributed by atoms with van der Waals surface area (Å²) in [7, 11) is 0. The molecule has 0 saturated carbocycles. The number of hydrogen-bond donors (Lipinski definition) is 0. The van der Waals surface area contributed by atoms with Gasteiger partial charge >= 0.3 is 11.9 Å². The first-order valence-electron chi connectivity index (χ1n) is 21.0. The van der Waals surface area contributed by atoms with Crippen LogP contribution >= 0.6 is 0 Å². The molecule has 0 amide bonds. The van der Waals surface area contributed by atoms with E-state index in [4.69, 9.17) is 9.47 Å². The molecule has 0 rings (SSSR count). The van der Waals surface area contributed by atoms with Crippen molar-refractivity contribution in [3.05, 3.63) is 0 Å². The Balaban J connectivity index is 4.02. The topological polar surface area (TPSA) is 52.6 Å². The van der Waals surface area contributed by atoms with Crippen LogP contribution in [-0.2, 0) is 19.1 Å². The summed E-state index contributed by atoms with van der Waals surface area (Å²) in [4.78, 5) is 25.1. The number of ether oxygens (including phenoxy) is 2. The van der Waals surface area contributed by atoms with Crippen molar-refractivity contribution in [2.24, 2.45) is 0 Å². The van der Waals surface area contributed by atoms with Gasteiger partial charge < -0.3 is 9.47 Å². The maximum absolute atomic E-state index is 12.6. The van der Waals surface area contributed by atoms with Crippen molar-refractivity contribution in [1.29, 1.82) is 0 Å². The standard InChI is InChI=1S/C42H82O4/c1-5-9-13-17-24-30-36-39(33-27-16-12-8-4)45-41(43)37-31-25-20-18-19-21-26-32-38-42(44)46-40(34-28-22-14-10-6-2)35-29-23-15-11-7-3/h39-40H,5-38H2,1-4H3. The van der Waals surface area contributed by atoms with Gasteiger partial charge in [-0.1, -0.05) is 169 Å². The summed E-state index contributed by atoms with van der Waals surface area (Å²) < 4.78 is 11.9. The van der Waals surface area contributed by atoms with Crippen LogP contribution in [0.2, 0.25) is 0 Å². The molecule has 0 saturated heterocycles. The van der Waals surface area contributed by atoms with Crippen LogP contribution in [0.1, 0.15) is 246 Å². The number of esters is 2. The van der Waals surface area contributed by atoms with Gasteiger partial charge in [0.15, 0.2) is 0 Å². The Morgan fingerprint density at radius 2 is 0.543 bits per heavy atom. The van der Waals surface area contributed by atoms with Crippen LogP contribution in [0.25, 0.3) is 0 Å². The summed E-state index contributed by atoms with van der Waals surface area (Å²) in [5, 5.41) is 0. The minimum absolute atomic E-state index is 0.0218. The van der Waals surface area contributed by atoms with Crippen molar-refractivity contribution in [2.75, 3.05) is 0 Å². The summed E-state index contributed by atoms with van der Waals surface area (Å²) in [6.45, 7) is 9.02. The molecule has 0 radical (unpaired) electrons. The Morgan fingerprint density at radius 1 is 0.326 bits per heavy atom. The highest BCUT2D eigenvalue weighted by Gasteiger charge is 2.15. The number of carbonyl (C=O) groups excluding carboxylic acids is 2. The average Bonchev–Trinajstić information content (AvgIpc) is 3.05. The van der Waals surface area contributed by atoms with E-state index in [2.05, 4.69) is 27.7 Å². The fourth-order valence-electron chi connectivity index (χ4n) is 6.52. The highest BCUT2D eigenvalue weighted by molar-refractivity contribution is 5.69. The predicted molar refractivity (Wildman–Crippen MR) is 199 cm³/mol. The Hall–Kier alpha value is -1.06. The minimum atomic E-state index is 0.0218. The molecule has 4 nitrogen and oxygen atoms in total. The molecule has 0 aliphatic heterocycles.